The number of aromatic amines is 1. The van der Waals surface area contributed by atoms with Crippen LogP contribution >= 0.6 is 11.8 Å². The third-order valence-corrected chi connectivity index (χ3v) is 7.00. The largest absolute Gasteiger partial charge is 0.338 e. The Morgan fingerprint density at radius 2 is 1.88 bits per heavy atom. The van der Waals surface area contributed by atoms with Gasteiger partial charge in [0.05, 0.1) is 5.75 Å². The van der Waals surface area contributed by atoms with E-state index in [0.29, 0.717) is 39.4 Å². The smallest absolute Gasteiger partial charge is 0.330 e. The van der Waals surface area contributed by atoms with Crippen molar-refractivity contribution in [2.24, 2.45) is 0 Å². The number of H-pyrrole nitrogens is 1. The average molecular weight is 463 g/mol. The molecule has 0 unspecified atom stereocenters. The van der Waals surface area contributed by atoms with Gasteiger partial charge < -0.3 is 4.52 Å². The van der Waals surface area contributed by atoms with Crippen LogP contribution in [0.3, 0.4) is 0 Å². The van der Waals surface area contributed by atoms with Gasteiger partial charge in [0.25, 0.3) is 5.56 Å². The van der Waals surface area contributed by atoms with Crippen LogP contribution in [0.25, 0.3) is 22.4 Å². The van der Waals surface area contributed by atoms with Gasteiger partial charge in [0.1, 0.15) is 16.2 Å². The summed E-state index contributed by atoms with van der Waals surface area (Å²) in [5.74, 6) is 2.32. The Morgan fingerprint density at radius 1 is 1.09 bits per heavy atom. The molecule has 3 heterocycles. The minimum absolute atomic E-state index is 0.0919. The highest BCUT2D eigenvalue weighted by Gasteiger charge is 2.32. The van der Waals surface area contributed by atoms with Crippen molar-refractivity contribution in [3.63, 3.8) is 0 Å². The summed E-state index contributed by atoms with van der Waals surface area (Å²) in [5, 5.41) is 5.00. The summed E-state index contributed by atoms with van der Waals surface area (Å²) in [6.45, 7) is 2.11. The summed E-state index contributed by atoms with van der Waals surface area (Å²) in [6.07, 6.45) is 4.84. The highest BCUT2D eigenvalue weighted by Crippen LogP contribution is 2.41. The minimum atomic E-state index is -0.459. The highest BCUT2D eigenvalue weighted by atomic mass is 32.2. The molecule has 2 fully saturated rings. The molecule has 10 heteroatoms. The molecule has 168 valence electrons. The topological polar surface area (TPSA) is 120 Å². The quantitative estimate of drug-likeness (QED) is 0.327. The molecule has 0 amide bonds. The molecule has 0 radical (unpaired) electrons. The first-order chi connectivity index (χ1) is 16.1. The van der Waals surface area contributed by atoms with Gasteiger partial charge in [0, 0.05) is 17.5 Å². The maximum absolute atomic E-state index is 12.8. The Hall–Kier alpha value is -3.27. The maximum Gasteiger partial charge on any atom is 0.330 e. The normalized spacial score (nSPS) is 15.9. The Kier molecular flexibility index (Phi) is 4.90. The van der Waals surface area contributed by atoms with Crippen LogP contribution in [0, 0.1) is 0 Å². The van der Waals surface area contributed by atoms with E-state index in [2.05, 4.69) is 39.2 Å². The highest BCUT2D eigenvalue weighted by molar-refractivity contribution is 7.98. The lowest BCUT2D eigenvalue weighted by molar-refractivity contribution is 0.391. The van der Waals surface area contributed by atoms with Crippen molar-refractivity contribution >= 4 is 22.8 Å². The van der Waals surface area contributed by atoms with E-state index in [0.717, 1.165) is 37.7 Å². The van der Waals surface area contributed by atoms with Gasteiger partial charge in [0.2, 0.25) is 11.7 Å². The van der Waals surface area contributed by atoms with Gasteiger partial charge in [-0.2, -0.15) is 4.98 Å². The molecule has 1 aromatic carbocycles. The van der Waals surface area contributed by atoms with Gasteiger partial charge in [-0.15, -0.1) is 0 Å². The predicted octanol–water partition coefficient (Wildman–Crippen LogP) is 3.60. The fraction of sp³-hybridized carbons (Fsp3) is 0.391. The van der Waals surface area contributed by atoms with E-state index < -0.39 is 11.2 Å². The Balaban J connectivity index is 1.34. The van der Waals surface area contributed by atoms with Gasteiger partial charge >= 0.3 is 5.69 Å². The molecule has 6 rings (SSSR count). The summed E-state index contributed by atoms with van der Waals surface area (Å²) in [5.41, 5.74) is 1.71. The molecule has 2 saturated carbocycles. The molecule has 3 aromatic heterocycles. The molecular weight excluding hydrogens is 440 g/mol. The molecule has 0 bridgehead atoms. The molecule has 0 atom stereocenters. The van der Waals surface area contributed by atoms with Crippen molar-refractivity contribution in [3.8, 4) is 11.4 Å². The van der Waals surface area contributed by atoms with Gasteiger partial charge in [0.15, 0.2) is 5.65 Å². The predicted molar refractivity (Wildman–Crippen MR) is 123 cm³/mol. The lowest BCUT2D eigenvalue weighted by Gasteiger charge is -2.11. The van der Waals surface area contributed by atoms with Crippen LogP contribution < -0.4 is 11.2 Å². The number of nitrogens with zero attached hydrogens (tertiary/aromatic N) is 5. The van der Waals surface area contributed by atoms with Gasteiger partial charge in [-0.05, 0) is 37.7 Å². The summed E-state index contributed by atoms with van der Waals surface area (Å²) in [7, 11) is 0. The van der Waals surface area contributed by atoms with Crippen LogP contribution in [0.2, 0.25) is 0 Å². The van der Waals surface area contributed by atoms with Crippen LogP contribution in [0.4, 0.5) is 0 Å². The zero-order chi connectivity index (χ0) is 22.5. The molecule has 0 aliphatic heterocycles. The molecule has 2 aliphatic rings. The number of benzene rings is 1. The van der Waals surface area contributed by atoms with Crippen molar-refractivity contribution in [2.75, 3.05) is 0 Å². The second kappa shape index (κ2) is 7.95. The lowest BCUT2D eigenvalue weighted by Crippen LogP contribution is -2.31. The van der Waals surface area contributed by atoms with E-state index in [1.165, 1.54) is 17.3 Å². The average Bonchev–Trinajstić information content (AvgIpc) is 3.76. The summed E-state index contributed by atoms with van der Waals surface area (Å²) >= 11 is 1.36. The summed E-state index contributed by atoms with van der Waals surface area (Å²) < 4.78 is 7.08. The second-order valence-electron chi connectivity index (χ2n) is 8.57. The molecule has 1 N–H and O–H groups in total. The van der Waals surface area contributed by atoms with Crippen LogP contribution in [0.5, 0.6) is 0 Å². The molecule has 9 nitrogen and oxygen atoms in total. The van der Waals surface area contributed by atoms with Crippen LogP contribution in [-0.2, 0) is 12.2 Å². The van der Waals surface area contributed by atoms with Crippen molar-refractivity contribution in [1.29, 1.82) is 0 Å². The van der Waals surface area contributed by atoms with E-state index in [9.17, 15) is 9.59 Å². The zero-order valence-electron chi connectivity index (χ0n) is 18.1. The Morgan fingerprint density at radius 3 is 2.58 bits per heavy atom. The first-order valence-corrected chi connectivity index (χ1v) is 12.2. The number of hydrogen-bond acceptors (Lipinski definition) is 8. The first kappa shape index (κ1) is 20.3. The molecule has 0 spiro atoms. The van der Waals surface area contributed by atoms with Crippen molar-refractivity contribution in [1.82, 2.24) is 29.7 Å². The van der Waals surface area contributed by atoms with Crippen LogP contribution in [0.1, 0.15) is 61.8 Å². The van der Waals surface area contributed by atoms with E-state index >= 15 is 0 Å². The van der Waals surface area contributed by atoms with Crippen molar-refractivity contribution in [2.45, 2.75) is 61.8 Å². The molecule has 33 heavy (non-hydrogen) atoms. The van der Waals surface area contributed by atoms with Crippen molar-refractivity contribution < 1.29 is 4.52 Å². The van der Waals surface area contributed by atoms with Crippen LogP contribution in [0.15, 0.2) is 43.4 Å². The van der Waals surface area contributed by atoms with E-state index in [-0.39, 0.29) is 12.0 Å². The summed E-state index contributed by atoms with van der Waals surface area (Å²) in [6, 6.07) is 8.17. The van der Waals surface area contributed by atoms with Crippen LogP contribution in [-0.4, -0.2) is 29.7 Å². The van der Waals surface area contributed by atoms with Gasteiger partial charge in [-0.3, -0.25) is 14.3 Å². The number of rotatable bonds is 7. The number of aromatic nitrogens is 6. The Labute approximate surface area is 192 Å². The van der Waals surface area contributed by atoms with Crippen molar-refractivity contribution in [3.05, 3.63) is 62.4 Å². The third-order valence-electron chi connectivity index (χ3n) is 6.04. The van der Waals surface area contributed by atoms with Gasteiger partial charge in [-0.25, -0.2) is 14.8 Å². The standard InChI is InChI=1S/C23H22N6O3S/c1-2-12-3-5-14(6-4-12)19-24-16(32-28-19)11-33-22-17-20(25-18(26-22)13-7-8-13)29(15-9-10-15)23(31)27-21(17)30/h3-6,13,15H,2,7-11H2,1H3,(H,27,30,31). The molecule has 0 saturated heterocycles. The number of thioether (sulfide) groups is 1. The molecule has 4 aromatic rings. The first-order valence-electron chi connectivity index (χ1n) is 11.2. The van der Waals surface area contributed by atoms with Gasteiger partial charge in [-0.1, -0.05) is 48.1 Å². The number of nitrogens with one attached hydrogen (secondary N) is 1. The fourth-order valence-electron chi connectivity index (χ4n) is 3.88. The monoisotopic (exact) mass is 462 g/mol. The molecule has 2 aliphatic carbocycles. The molecular formula is C23H22N6O3S. The SMILES string of the molecule is CCc1ccc(-c2noc(CSc3nc(C4CC4)nc4c3c(=O)[nH]c(=O)n4C3CC3)n2)cc1. The minimum Gasteiger partial charge on any atom is -0.338 e. The lowest BCUT2D eigenvalue weighted by atomic mass is 10.1. The number of fused-ring (bicyclic) bond motifs is 1. The van der Waals surface area contributed by atoms with E-state index in [1.807, 2.05) is 12.1 Å². The van der Waals surface area contributed by atoms with E-state index in [4.69, 9.17) is 9.51 Å². The zero-order valence-corrected chi connectivity index (χ0v) is 18.9. The number of aryl methyl sites for hydroxylation is 1. The number of hydrogen-bond donors (Lipinski definition) is 1. The third kappa shape index (κ3) is 3.88. The fourth-order valence-corrected chi connectivity index (χ4v) is 4.75. The maximum atomic E-state index is 12.8. The Bertz CT molecular complexity index is 1460. The summed E-state index contributed by atoms with van der Waals surface area (Å²) in [4.78, 5) is 41.6. The van der Waals surface area contributed by atoms with E-state index in [1.54, 1.807) is 4.57 Å². The second-order valence-corrected chi connectivity index (χ2v) is 9.54.